The van der Waals surface area contributed by atoms with E-state index in [9.17, 15) is 4.79 Å². The third-order valence-electron chi connectivity index (χ3n) is 1.72. The molecule has 4 heteroatoms. The first-order chi connectivity index (χ1) is 5.04. The summed E-state index contributed by atoms with van der Waals surface area (Å²) < 4.78 is 10.1. The third kappa shape index (κ3) is 1.70. The average Bonchev–Trinajstić information content (AvgIpc) is 1.86. The van der Waals surface area contributed by atoms with Crippen LogP contribution in [0, 0.1) is 0 Å². The SMILES string of the molecule is CC1CCOC(C)(C(=O)O)O1. The lowest BCUT2D eigenvalue weighted by Gasteiger charge is -2.33. The van der Waals surface area contributed by atoms with Gasteiger partial charge in [0.2, 0.25) is 0 Å². The maximum Gasteiger partial charge on any atom is 0.364 e. The highest BCUT2D eigenvalue weighted by Crippen LogP contribution is 2.22. The lowest BCUT2D eigenvalue weighted by molar-refractivity contribution is -0.276. The maximum atomic E-state index is 10.6. The molecular weight excluding hydrogens is 148 g/mol. The molecule has 0 aromatic rings. The number of aliphatic carboxylic acids is 1. The van der Waals surface area contributed by atoms with Crippen molar-refractivity contribution in [2.45, 2.75) is 32.2 Å². The van der Waals surface area contributed by atoms with Crippen LogP contribution in [0.3, 0.4) is 0 Å². The molecule has 0 amide bonds. The highest BCUT2D eigenvalue weighted by atomic mass is 16.7. The second kappa shape index (κ2) is 2.79. The van der Waals surface area contributed by atoms with Crippen LogP contribution in [0.15, 0.2) is 0 Å². The summed E-state index contributed by atoms with van der Waals surface area (Å²) in [5.41, 5.74) is 0. The Morgan fingerprint density at radius 3 is 2.73 bits per heavy atom. The van der Waals surface area contributed by atoms with Gasteiger partial charge in [-0.15, -0.1) is 0 Å². The van der Waals surface area contributed by atoms with Crippen molar-refractivity contribution in [3.8, 4) is 0 Å². The number of ether oxygens (including phenoxy) is 2. The minimum absolute atomic E-state index is 0.0372. The normalized spacial score (nSPS) is 38.5. The van der Waals surface area contributed by atoms with E-state index in [0.717, 1.165) is 6.42 Å². The van der Waals surface area contributed by atoms with Gasteiger partial charge in [0.1, 0.15) is 0 Å². The van der Waals surface area contributed by atoms with Gasteiger partial charge in [0.05, 0.1) is 12.7 Å². The number of carboxylic acids is 1. The molecular formula is C7H12O4. The summed E-state index contributed by atoms with van der Waals surface area (Å²) in [5, 5.41) is 8.67. The molecule has 0 spiro atoms. The maximum absolute atomic E-state index is 10.6. The van der Waals surface area contributed by atoms with Gasteiger partial charge in [-0.3, -0.25) is 0 Å². The molecule has 11 heavy (non-hydrogen) atoms. The van der Waals surface area contributed by atoms with Crippen molar-refractivity contribution in [3.63, 3.8) is 0 Å². The summed E-state index contributed by atoms with van der Waals surface area (Å²) in [6.45, 7) is 3.71. The van der Waals surface area contributed by atoms with E-state index >= 15 is 0 Å². The van der Waals surface area contributed by atoms with Crippen molar-refractivity contribution in [2.24, 2.45) is 0 Å². The molecule has 0 aromatic heterocycles. The van der Waals surface area contributed by atoms with Crippen LogP contribution in [0.5, 0.6) is 0 Å². The number of carboxylic acid groups (broad SMARTS) is 1. The second-order valence-electron chi connectivity index (χ2n) is 2.82. The van der Waals surface area contributed by atoms with Crippen molar-refractivity contribution < 1.29 is 19.4 Å². The smallest absolute Gasteiger partial charge is 0.364 e. The molecule has 4 nitrogen and oxygen atoms in total. The van der Waals surface area contributed by atoms with Crippen molar-refractivity contribution in [2.75, 3.05) is 6.61 Å². The minimum Gasteiger partial charge on any atom is -0.477 e. The number of hydrogen-bond acceptors (Lipinski definition) is 3. The highest BCUT2D eigenvalue weighted by Gasteiger charge is 2.39. The van der Waals surface area contributed by atoms with Gasteiger partial charge in [0.25, 0.3) is 5.79 Å². The van der Waals surface area contributed by atoms with Crippen molar-refractivity contribution in [1.29, 1.82) is 0 Å². The van der Waals surface area contributed by atoms with Crippen LogP contribution in [-0.4, -0.2) is 29.6 Å². The van der Waals surface area contributed by atoms with Gasteiger partial charge >= 0.3 is 5.97 Å². The van der Waals surface area contributed by atoms with Crippen molar-refractivity contribution in [3.05, 3.63) is 0 Å². The fourth-order valence-electron chi connectivity index (χ4n) is 1.01. The molecule has 1 heterocycles. The van der Waals surface area contributed by atoms with Crippen LogP contribution in [-0.2, 0) is 14.3 Å². The Labute approximate surface area is 65.1 Å². The lowest BCUT2D eigenvalue weighted by atomic mass is 10.2. The number of rotatable bonds is 1. The molecule has 1 aliphatic heterocycles. The van der Waals surface area contributed by atoms with E-state index in [-0.39, 0.29) is 6.10 Å². The first kappa shape index (κ1) is 8.49. The third-order valence-corrected chi connectivity index (χ3v) is 1.72. The molecule has 64 valence electrons. The Morgan fingerprint density at radius 1 is 1.73 bits per heavy atom. The summed E-state index contributed by atoms with van der Waals surface area (Å²) in [4.78, 5) is 10.6. The Balaban J connectivity index is 2.63. The summed E-state index contributed by atoms with van der Waals surface area (Å²) in [6, 6.07) is 0. The van der Waals surface area contributed by atoms with Gasteiger partial charge in [0.15, 0.2) is 0 Å². The first-order valence-electron chi connectivity index (χ1n) is 3.60. The first-order valence-corrected chi connectivity index (χ1v) is 3.60. The summed E-state index contributed by atoms with van der Waals surface area (Å²) in [6.07, 6.45) is 0.716. The zero-order valence-corrected chi connectivity index (χ0v) is 6.66. The summed E-state index contributed by atoms with van der Waals surface area (Å²) in [7, 11) is 0. The summed E-state index contributed by atoms with van der Waals surface area (Å²) in [5.74, 6) is -2.50. The molecule has 0 saturated carbocycles. The Kier molecular flexibility index (Phi) is 2.15. The van der Waals surface area contributed by atoms with Gasteiger partial charge < -0.3 is 14.6 Å². The Hall–Kier alpha value is -0.610. The molecule has 1 saturated heterocycles. The lowest BCUT2D eigenvalue weighted by Crippen LogP contribution is -2.47. The molecule has 1 fully saturated rings. The van der Waals surface area contributed by atoms with E-state index in [2.05, 4.69) is 0 Å². The largest absolute Gasteiger partial charge is 0.477 e. The van der Waals surface area contributed by atoms with E-state index in [4.69, 9.17) is 14.6 Å². The van der Waals surface area contributed by atoms with Crippen molar-refractivity contribution >= 4 is 5.97 Å². The zero-order valence-electron chi connectivity index (χ0n) is 6.66. The van der Waals surface area contributed by atoms with E-state index < -0.39 is 11.8 Å². The standard InChI is InChI=1S/C7H12O4/c1-5-3-4-10-7(2,11-5)6(8)9/h5H,3-4H2,1-2H3,(H,8,9). The fourth-order valence-corrected chi connectivity index (χ4v) is 1.01. The van der Waals surface area contributed by atoms with Gasteiger partial charge in [-0.2, -0.15) is 0 Å². The predicted molar refractivity (Wildman–Crippen MR) is 37.2 cm³/mol. The van der Waals surface area contributed by atoms with Gasteiger partial charge in [0, 0.05) is 6.92 Å². The van der Waals surface area contributed by atoms with Crippen molar-refractivity contribution in [1.82, 2.24) is 0 Å². The molecule has 2 unspecified atom stereocenters. The molecule has 0 aromatic carbocycles. The predicted octanol–water partition coefficient (Wildman–Crippen LogP) is 0.613. The minimum atomic E-state index is -1.43. The second-order valence-corrected chi connectivity index (χ2v) is 2.82. The van der Waals surface area contributed by atoms with E-state index in [1.54, 1.807) is 0 Å². The molecule has 1 aliphatic rings. The van der Waals surface area contributed by atoms with E-state index in [1.807, 2.05) is 6.92 Å². The van der Waals surface area contributed by atoms with E-state index in [1.165, 1.54) is 6.92 Å². The molecule has 2 atom stereocenters. The molecule has 0 radical (unpaired) electrons. The quantitative estimate of drug-likeness (QED) is 0.610. The molecule has 0 bridgehead atoms. The summed E-state index contributed by atoms with van der Waals surface area (Å²) >= 11 is 0. The number of carbonyl (C=O) groups is 1. The monoisotopic (exact) mass is 160 g/mol. The zero-order chi connectivity index (χ0) is 8.48. The fraction of sp³-hybridized carbons (Fsp3) is 0.857. The van der Waals surface area contributed by atoms with Crippen LogP contribution >= 0.6 is 0 Å². The van der Waals surface area contributed by atoms with Crippen LogP contribution in [0.4, 0.5) is 0 Å². The van der Waals surface area contributed by atoms with Gasteiger partial charge in [-0.25, -0.2) is 4.79 Å². The van der Waals surface area contributed by atoms with Crippen LogP contribution in [0.1, 0.15) is 20.3 Å². The van der Waals surface area contributed by atoms with Crippen LogP contribution < -0.4 is 0 Å². The van der Waals surface area contributed by atoms with Crippen LogP contribution in [0.25, 0.3) is 0 Å². The Bertz CT molecular complexity index is 168. The van der Waals surface area contributed by atoms with Crippen LogP contribution in [0.2, 0.25) is 0 Å². The highest BCUT2D eigenvalue weighted by molar-refractivity contribution is 5.75. The molecule has 1 N–H and O–H groups in total. The van der Waals surface area contributed by atoms with E-state index in [0.29, 0.717) is 6.61 Å². The average molecular weight is 160 g/mol. The number of hydrogen-bond donors (Lipinski definition) is 1. The topological polar surface area (TPSA) is 55.8 Å². The van der Waals surface area contributed by atoms with Gasteiger partial charge in [-0.05, 0) is 13.3 Å². The molecule has 1 rings (SSSR count). The van der Waals surface area contributed by atoms with Gasteiger partial charge in [-0.1, -0.05) is 0 Å². The Morgan fingerprint density at radius 2 is 2.36 bits per heavy atom. The molecule has 0 aliphatic carbocycles.